The summed E-state index contributed by atoms with van der Waals surface area (Å²) in [4.78, 5) is 15.2. The molecule has 2 aliphatic heterocycles. The third-order valence-electron chi connectivity index (χ3n) is 4.71. The first-order chi connectivity index (χ1) is 11.7. The molecule has 0 aromatic carbocycles. The Kier molecular flexibility index (Phi) is 6.35. The van der Waals surface area contributed by atoms with Gasteiger partial charge in [-0.3, -0.25) is 4.90 Å². The zero-order valence-electron chi connectivity index (χ0n) is 14.3. The number of hydrogen-bond acceptors (Lipinski definition) is 7. The summed E-state index contributed by atoms with van der Waals surface area (Å²) < 4.78 is 6.62. The number of thiophene rings is 1. The minimum atomic E-state index is 0. The standard InChI is InChI=1S/C16H22ClN5OS.ClH/c1-11-12(10-21-4-2-18-3-5-21)24-14-13(11)19-16(17)20-15(14)22-6-8-23-9-7-22;/h18H,2-10H2,1H3;1H. The number of morpholine rings is 1. The second kappa shape index (κ2) is 8.33. The highest BCUT2D eigenvalue weighted by Gasteiger charge is 2.22. The van der Waals surface area contributed by atoms with Crippen molar-refractivity contribution in [2.45, 2.75) is 13.5 Å². The van der Waals surface area contributed by atoms with Crippen LogP contribution in [0.1, 0.15) is 10.4 Å². The fourth-order valence-electron chi connectivity index (χ4n) is 3.30. The van der Waals surface area contributed by atoms with Gasteiger partial charge in [0.05, 0.1) is 23.4 Å². The van der Waals surface area contributed by atoms with Crippen LogP contribution in [-0.4, -0.2) is 67.4 Å². The second-order valence-electron chi connectivity index (χ2n) is 6.27. The lowest BCUT2D eigenvalue weighted by Crippen LogP contribution is -2.42. The zero-order valence-corrected chi connectivity index (χ0v) is 16.6. The molecule has 2 aromatic heterocycles. The Morgan fingerprint density at radius 2 is 1.88 bits per heavy atom. The molecular formula is C16H23Cl2N5OS. The Bertz CT molecular complexity index is 729. The van der Waals surface area contributed by atoms with Crippen molar-refractivity contribution in [3.8, 4) is 0 Å². The Morgan fingerprint density at radius 1 is 1.16 bits per heavy atom. The fraction of sp³-hybridized carbons (Fsp3) is 0.625. The summed E-state index contributed by atoms with van der Waals surface area (Å²) in [5.74, 6) is 0.966. The average molecular weight is 404 g/mol. The first-order valence-electron chi connectivity index (χ1n) is 8.43. The average Bonchev–Trinajstić information content (AvgIpc) is 2.92. The largest absolute Gasteiger partial charge is 0.378 e. The van der Waals surface area contributed by atoms with Crippen molar-refractivity contribution < 1.29 is 4.74 Å². The molecule has 1 N–H and O–H groups in total. The van der Waals surface area contributed by atoms with Gasteiger partial charge in [0, 0.05) is 50.7 Å². The van der Waals surface area contributed by atoms with Crippen LogP contribution in [0.3, 0.4) is 0 Å². The van der Waals surface area contributed by atoms with E-state index >= 15 is 0 Å². The summed E-state index contributed by atoms with van der Waals surface area (Å²) in [6.07, 6.45) is 0. The minimum absolute atomic E-state index is 0. The highest BCUT2D eigenvalue weighted by atomic mass is 35.5. The maximum absolute atomic E-state index is 6.22. The first kappa shape index (κ1) is 19.1. The number of aromatic nitrogens is 2. The van der Waals surface area contributed by atoms with Crippen molar-refractivity contribution >= 4 is 51.4 Å². The van der Waals surface area contributed by atoms with Gasteiger partial charge in [-0.1, -0.05) is 0 Å². The van der Waals surface area contributed by atoms with Gasteiger partial charge in [0.2, 0.25) is 5.28 Å². The van der Waals surface area contributed by atoms with Gasteiger partial charge in [0.25, 0.3) is 0 Å². The smallest absolute Gasteiger partial charge is 0.224 e. The maximum atomic E-state index is 6.22. The van der Waals surface area contributed by atoms with Crippen LogP contribution >= 0.6 is 35.3 Å². The highest BCUT2D eigenvalue weighted by Crippen LogP contribution is 2.37. The van der Waals surface area contributed by atoms with Crippen molar-refractivity contribution in [1.29, 1.82) is 0 Å². The molecule has 9 heteroatoms. The SMILES string of the molecule is Cc1c(CN2CCNCC2)sc2c(N3CCOCC3)nc(Cl)nc12.Cl. The zero-order chi connectivity index (χ0) is 16.5. The molecule has 0 unspecified atom stereocenters. The summed E-state index contributed by atoms with van der Waals surface area (Å²) in [7, 11) is 0. The van der Waals surface area contributed by atoms with Crippen LogP contribution in [0.2, 0.25) is 5.28 Å². The molecule has 2 fully saturated rings. The first-order valence-corrected chi connectivity index (χ1v) is 9.63. The monoisotopic (exact) mass is 403 g/mol. The van der Waals surface area contributed by atoms with E-state index in [1.807, 2.05) is 11.3 Å². The van der Waals surface area contributed by atoms with Crippen LogP contribution in [0, 0.1) is 6.92 Å². The quantitative estimate of drug-likeness (QED) is 0.793. The molecule has 2 aliphatic rings. The lowest BCUT2D eigenvalue weighted by atomic mass is 10.2. The van der Waals surface area contributed by atoms with Gasteiger partial charge in [0.1, 0.15) is 0 Å². The van der Waals surface area contributed by atoms with Crippen LogP contribution in [0.4, 0.5) is 5.82 Å². The summed E-state index contributed by atoms with van der Waals surface area (Å²) in [5, 5.41) is 3.74. The van der Waals surface area contributed by atoms with Crippen LogP contribution < -0.4 is 10.2 Å². The number of anilines is 1. The molecular weight excluding hydrogens is 381 g/mol. The van der Waals surface area contributed by atoms with E-state index in [2.05, 4.69) is 32.0 Å². The van der Waals surface area contributed by atoms with Gasteiger partial charge < -0.3 is 15.0 Å². The lowest BCUT2D eigenvalue weighted by molar-refractivity contribution is 0.122. The summed E-state index contributed by atoms with van der Waals surface area (Å²) in [6.45, 7) is 10.6. The van der Waals surface area contributed by atoms with E-state index in [1.54, 1.807) is 0 Å². The molecule has 4 rings (SSSR count). The third kappa shape index (κ3) is 4.02. The molecule has 0 radical (unpaired) electrons. The van der Waals surface area contributed by atoms with Crippen LogP contribution in [0.5, 0.6) is 0 Å². The van der Waals surface area contributed by atoms with Crippen LogP contribution in [0.25, 0.3) is 10.2 Å². The number of nitrogens with zero attached hydrogens (tertiary/aromatic N) is 4. The van der Waals surface area contributed by atoms with Gasteiger partial charge in [-0.2, -0.15) is 4.98 Å². The molecule has 4 heterocycles. The molecule has 0 aliphatic carbocycles. The number of halogens is 2. The summed E-state index contributed by atoms with van der Waals surface area (Å²) >= 11 is 8.04. The molecule has 25 heavy (non-hydrogen) atoms. The molecule has 2 saturated heterocycles. The predicted octanol–water partition coefficient (Wildman–Crippen LogP) is 2.32. The van der Waals surface area contributed by atoms with E-state index in [1.165, 1.54) is 10.4 Å². The topological polar surface area (TPSA) is 53.5 Å². The van der Waals surface area contributed by atoms with Gasteiger partial charge in [0.15, 0.2) is 5.82 Å². The molecule has 0 amide bonds. The van der Waals surface area contributed by atoms with E-state index in [0.29, 0.717) is 5.28 Å². The maximum Gasteiger partial charge on any atom is 0.224 e. The van der Waals surface area contributed by atoms with E-state index in [-0.39, 0.29) is 12.4 Å². The normalized spacial score (nSPS) is 19.2. The number of aryl methyl sites for hydroxylation is 1. The number of hydrogen-bond donors (Lipinski definition) is 1. The molecule has 0 bridgehead atoms. The second-order valence-corrected chi connectivity index (χ2v) is 7.71. The lowest BCUT2D eigenvalue weighted by Gasteiger charge is -2.28. The van der Waals surface area contributed by atoms with Gasteiger partial charge >= 0.3 is 0 Å². The molecule has 0 spiro atoms. The number of fused-ring (bicyclic) bond motifs is 1. The van der Waals surface area contributed by atoms with E-state index < -0.39 is 0 Å². The summed E-state index contributed by atoms with van der Waals surface area (Å²) in [5.41, 5.74) is 2.25. The van der Waals surface area contributed by atoms with E-state index in [4.69, 9.17) is 16.3 Å². The fourth-order valence-corrected chi connectivity index (χ4v) is 4.77. The van der Waals surface area contributed by atoms with Crippen LogP contribution in [-0.2, 0) is 11.3 Å². The molecule has 6 nitrogen and oxygen atoms in total. The third-order valence-corrected chi connectivity index (χ3v) is 6.14. The minimum Gasteiger partial charge on any atom is -0.378 e. The molecule has 0 saturated carbocycles. The van der Waals surface area contributed by atoms with Crippen molar-refractivity contribution in [2.24, 2.45) is 0 Å². The Labute approximate surface area is 162 Å². The number of ether oxygens (including phenoxy) is 1. The Balaban J connectivity index is 0.00000182. The number of piperazine rings is 1. The van der Waals surface area contributed by atoms with Crippen molar-refractivity contribution in [2.75, 3.05) is 57.4 Å². The number of rotatable bonds is 3. The van der Waals surface area contributed by atoms with Crippen molar-refractivity contribution in [1.82, 2.24) is 20.2 Å². The van der Waals surface area contributed by atoms with Gasteiger partial charge in [-0.15, -0.1) is 23.7 Å². The molecule has 138 valence electrons. The Hall–Kier alpha value is -0.700. The van der Waals surface area contributed by atoms with Crippen molar-refractivity contribution in [3.05, 3.63) is 15.7 Å². The predicted molar refractivity (Wildman–Crippen MR) is 106 cm³/mol. The molecule has 0 atom stereocenters. The number of nitrogens with one attached hydrogen (secondary N) is 1. The van der Waals surface area contributed by atoms with Gasteiger partial charge in [-0.25, -0.2) is 4.98 Å². The summed E-state index contributed by atoms with van der Waals surface area (Å²) in [6, 6.07) is 0. The Morgan fingerprint density at radius 3 is 2.60 bits per heavy atom. The van der Waals surface area contributed by atoms with Crippen molar-refractivity contribution in [3.63, 3.8) is 0 Å². The highest BCUT2D eigenvalue weighted by molar-refractivity contribution is 7.19. The van der Waals surface area contributed by atoms with Crippen LogP contribution in [0.15, 0.2) is 0 Å². The van der Waals surface area contributed by atoms with E-state index in [0.717, 1.165) is 75.1 Å². The van der Waals surface area contributed by atoms with Gasteiger partial charge in [-0.05, 0) is 24.1 Å². The van der Waals surface area contributed by atoms with E-state index in [9.17, 15) is 0 Å². The molecule has 2 aromatic rings.